The molecule has 6 nitrogen and oxygen atoms in total. The molecule has 0 spiro atoms. The van der Waals surface area contributed by atoms with E-state index in [0.29, 0.717) is 4.90 Å². The van der Waals surface area contributed by atoms with Crippen LogP contribution in [0.2, 0.25) is 0 Å². The number of hydrogen-bond acceptors (Lipinski definition) is 5. The third-order valence-electron chi connectivity index (χ3n) is 1.85. The number of aliphatic hydroxyl groups excluding tert-OH is 1. The number of para-hydroxylation sites is 1. The van der Waals surface area contributed by atoms with Gasteiger partial charge in [-0.15, -0.1) is 11.8 Å². The molecule has 7 heteroatoms. The number of hydrogen-bond donors (Lipinski definition) is 2. The molecule has 0 radical (unpaired) electrons. The standard InChI is InChI=1S/C10H12N2O4S/c13-6-5-11-10(14)7-17-9-4-2-1-3-8(9)12(15)16/h1-4,13H,5-7H2,(H,11,14). The van der Waals surface area contributed by atoms with Crippen LogP contribution in [0.1, 0.15) is 0 Å². The molecule has 0 unspecified atom stereocenters. The maximum Gasteiger partial charge on any atom is 0.282 e. The number of nitrogens with one attached hydrogen (secondary N) is 1. The van der Waals surface area contributed by atoms with Crippen molar-refractivity contribution in [1.82, 2.24) is 5.32 Å². The van der Waals surface area contributed by atoms with Crippen LogP contribution in [0.4, 0.5) is 5.69 Å². The Morgan fingerprint density at radius 1 is 1.47 bits per heavy atom. The summed E-state index contributed by atoms with van der Waals surface area (Å²) in [7, 11) is 0. The zero-order valence-corrected chi connectivity index (χ0v) is 9.77. The van der Waals surface area contributed by atoms with Crippen molar-refractivity contribution in [1.29, 1.82) is 0 Å². The van der Waals surface area contributed by atoms with E-state index in [9.17, 15) is 14.9 Å². The van der Waals surface area contributed by atoms with Crippen molar-refractivity contribution in [2.75, 3.05) is 18.9 Å². The molecule has 0 aliphatic carbocycles. The van der Waals surface area contributed by atoms with Gasteiger partial charge in [0.05, 0.1) is 22.2 Å². The predicted molar refractivity (Wildman–Crippen MR) is 63.9 cm³/mol. The van der Waals surface area contributed by atoms with Crippen molar-refractivity contribution in [2.24, 2.45) is 0 Å². The predicted octanol–water partition coefficient (Wildman–Crippen LogP) is 0.795. The van der Waals surface area contributed by atoms with Crippen LogP contribution in [-0.4, -0.2) is 34.8 Å². The molecule has 1 rings (SSSR count). The Bertz CT molecular complexity index is 411. The van der Waals surface area contributed by atoms with Crippen molar-refractivity contribution in [3.8, 4) is 0 Å². The summed E-state index contributed by atoms with van der Waals surface area (Å²) in [4.78, 5) is 21.9. The Hall–Kier alpha value is -1.60. The maximum atomic E-state index is 11.2. The van der Waals surface area contributed by atoms with Crippen LogP contribution < -0.4 is 5.32 Å². The Morgan fingerprint density at radius 3 is 2.82 bits per heavy atom. The van der Waals surface area contributed by atoms with Gasteiger partial charge in [-0.2, -0.15) is 0 Å². The molecule has 0 fully saturated rings. The second kappa shape index (κ2) is 6.87. The molecule has 2 N–H and O–H groups in total. The lowest BCUT2D eigenvalue weighted by molar-refractivity contribution is -0.387. The first-order valence-corrected chi connectivity index (χ1v) is 5.87. The van der Waals surface area contributed by atoms with E-state index in [1.807, 2.05) is 0 Å². The quantitative estimate of drug-likeness (QED) is 0.446. The van der Waals surface area contributed by atoms with Gasteiger partial charge in [0.2, 0.25) is 5.91 Å². The van der Waals surface area contributed by atoms with Gasteiger partial charge in [0, 0.05) is 12.6 Å². The zero-order chi connectivity index (χ0) is 12.7. The van der Waals surface area contributed by atoms with Crippen LogP contribution >= 0.6 is 11.8 Å². The Balaban J connectivity index is 2.57. The maximum absolute atomic E-state index is 11.2. The van der Waals surface area contributed by atoms with Gasteiger partial charge in [0.25, 0.3) is 5.69 Å². The molecule has 0 saturated heterocycles. The molecule has 1 aromatic rings. The first-order valence-electron chi connectivity index (χ1n) is 4.89. The fourth-order valence-corrected chi connectivity index (χ4v) is 1.97. The number of nitro benzene ring substituents is 1. The highest BCUT2D eigenvalue weighted by Crippen LogP contribution is 2.28. The van der Waals surface area contributed by atoms with Gasteiger partial charge in [0.1, 0.15) is 0 Å². The average molecular weight is 256 g/mol. The molecule has 17 heavy (non-hydrogen) atoms. The van der Waals surface area contributed by atoms with Crippen molar-refractivity contribution in [3.63, 3.8) is 0 Å². The van der Waals surface area contributed by atoms with Crippen molar-refractivity contribution >= 4 is 23.4 Å². The van der Waals surface area contributed by atoms with Gasteiger partial charge in [-0.05, 0) is 6.07 Å². The van der Waals surface area contributed by atoms with Gasteiger partial charge in [-0.25, -0.2) is 0 Å². The molecule has 0 aliphatic heterocycles. The minimum absolute atomic E-state index is 0.00698. The van der Waals surface area contributed by atoms with Crippen molar-refractivity contribution in [2.45, 2.75) is 4.90 Å². The molecule has 1 amide bonds. The number of benzene rings is 1. The first kappa shape index (κ1) is 13.5. The smallest absolute Gasteiger partial charge is 0.282 e. The van der Waals surface area contributed by atoms with Crippen molar-refractivity contribution < 1.29 is 14.8 Å². The fourth-order valence-electron chi connectivity index (χ4n) is 1.12. The Morgan fingerprint density at radius 2 is 2.18 bits per heavy atom. The Kier molecular flexibility index (Phi) is 5.44. The van der Waals surface area contributed by atoms with E-state index < -0.39 is 4.92 Å². The molecule has 1 aromatic carbocycles. The molecule has 0 heterocycles. The van der Waals surface area contributed by atoms with Crippen LogP contribution in [0.3, 0.4) is 0 Å². The van der Waals surface area contributed by atoms with Crippen LogP contribution in [0.5, 0.6) is 0 Å². The number of carbonyl (C=O) groups is 1. The summed E-state index contributed by atoms with van der Waals surface area (Å²) in [5.74, 6) is -0.174. The summed E-state index contributed by atoms with van der Waals surface area (Å²) in [6, 6.07) is 6.26. The van der Waals surface area contributed by atoms with Gasteiger partial charge < -0.3 is 10.4 Å². The minimum atomic E-state index is -0.478. The second-order valence-corrected chi connectivity index (χ2v) is 4.10. The number of carbonyl (C=O) groups excluding carboxylic acids is 1. The highest BCUT2D eigenvalue weighted by atomic mass is 32.2. The summed E-state index contributed by atoms with van der Waals surface area (Å²) >= 11 is 1.10. The average Bonchev–Trinajstić information content (AvgIpc) is 2.34. The molecular formula is C10H12N2O4S. The zero-order valence-electron chi connectivity index (χ0n) is 8.96. The number of rotatable bonds is 6. The van der Waals surface area contributed by atoms with E-state index in [0.717, 1.165) is 11.8 Å². The lowest BCUT2D eigenvalue weighted by Crippen LogP contribution is -2.27. The lowest BCUT2D eigenvalue weighted by atomic mass is 10.3. The highest BCUT2D eigenvalue weighted by molar-refractivity contribution is 8.00. The van der Waals surface area contributed by atoms with Crippen molar-refractivity contribution in [3.05, 3.63) is 34.4 Å². The topological polar surface area (TPSA) is 92.5 Å². The molecule has 92 valence electrons. The molecule has 0 atom stereocenters. The van der Waals surface area contributed by atoms with Crippen LogP contribution in [0, 0.1) is 10.1 Å². The number of aliphatic hydroxyl groups is 1. The summed E-state index contributed by atoms with van der Waals surface area (Å²) in [5, 5.41) is 21.7. The molecule has 0 aliphatic rings. The third kappa shape index (κ3) is 4.41. The van der Waals surface area contributed by atoms with Crippen LogP contribution in [0.25, 0.3) is 0 Å². The van der Waals surface area contributed by atoms with E-state index in [4.69, 9.17) is 5.11 Å². The van der Waals surface area contributed by atoms with Gasteiger partial charge in [-0.1, -0.05) is 12.1 Å². The van der Waals surface area contributed by atoms with Gasteiger partial charge in [0.15, 0.2) is 0 Å². The largest absolute Gasteiger partial charge is 0.395 e. The van der Waals surface area contributed by atoms with Gasteiger partial charge in [-0.3, -0.25) is 14.9 Å². The van der Waals surface area contributed by atoms with Crippen LogP contribution in [0.15, 0.2) is 29.2 Å². The van der Waals surface area contributed by atoms with E-state index in [1.54, 1.807) is 18.2 Å². The van der Waals surface area contributed by atoms with E-state index in [1.165, 1.54) is 6.07 Å². The fraction of sp³-hybridized carbons (Fsp3) is 0.300. The number of thioether (sulfide) groups is 1. The monoisotopic (exact) mass is 256 g/mol. The lowest BCUT2D eigenvalue weighted by Gasteiger charge is -2.03. The molecular weight excluding hydrogens is 244 g/mol. The minimum Gasteiger partial charge on any atom is -0.395 e. The first-order chi connectivity index (χ1) is 8.15. The molecule has 0 saturated carbocycles. The highest BCUT2D eigenvalue weighted by Gasteiger charge is 2.13. The normalized spacial score (nSPS) is 9.94. The number of nitrogens with zero attached hydrogens (tertiary/aromatic N) is 1. The number of amides is 1. The van der Waals surface area contributed by atoms with E-state index >= 15 is 0 Å². The summed E-state index contributed by atoms with van der Waals surface area (Å²) in [5.41, 5.74) is -0.00698. The Labute approximate surface area is 102 Å². The summed E-state index contributed by atoms with van der Waals surface area (Å²) < 4.78 is 0. The number of nitro groups is 1. The van der Waals surface area contributed by atoms with E-state index in [-0.39, 0.29) is 30.5 Å². The van der Waals surface area contributed by atoms with E-state index in [2.05, 4.69) is 5.32 Å². The molecule has 0 aromatic heterocycles. The van der Waals surface area contributed by atoms with Gasteiger partial charge >= 0.3 is 0 Å². The SMILES string of the molecule is O=C(CSc1ccccc1[N+](=O)[O-])NCCO. The summed E-state index contributed by atoms with van der Waals surface area (Å²) in [6.07, 6.45) is 0. The summed E-state index contributed by atoms with van der Waals surface area (Å²) in [6.45, 7) is 0.0676. The third-order valence-corrected chi connectivity index (χ3v) is 2.92. The second-order valence-electron chi connectivity index (χ2n) is 3.09. The van der Waals surface area contributed by atoms with Crippen LogP contribution in [-0.2, 0) is 4.79 Å². The molecule has 0 bridgehead atoms.